The third-order valence-corrected chi connectivity index (χ3v) is 4.11. The Balaban J connectivity index is 2.29. The number of benzene rings is 1. The van der Waals surface area contributed by atoms with Gasteiger partial charge < -0.3 is 19.9 Å². The Morgan fingerprint density at radius 3 is 2.46 bits per heavy atom. The van der Waals surface area contributed by atoms with Gasteiger partial charge in [-0.1, -0.05) is 23.7 Å². The van der Waals surface area contributed by atoms with E-state index in [0.717, 1.165) is 5.56 Å². The molecule has 0 unspecified atom stereocenters. The smallest absolute Gasteiger partial charge is 0.308 e. The fourth-order valence-electron chi connectivity index (χ4n) is 2.39. The molecule has 0 fully saturated rings. The van der Waals surface area contributed by atoms with Gasteiger partial charge in [-0.3, -0.25) is 14.9 Å². The van der Waals surface area contributed by atoms with Crippen LogP contribution in [0.15, 0.2) is 24.3 Å². The summed E-state index contributed by atoms with van der Waals surface area (Å²) in [7, 11) is 2.95. The number of carboxylic acids is 1. The predicted octanol–water partition coefficient (Wildman–Crippen LogP) is 2.29. The summed E-state index contributed by atoms with van der Waals surface area (Å²) in [4.78, 5) is 29.9. The molecule has 0 saturated carbocycles. The van der Waals surface area contributed by atoms with Crippen LogP contribution < -0.4 is 5.32 Å². The second kappa shape index (κ2) is 9.93. The Labute approximate surface area is 165 Å². The van der Waals surface area contributed by atoms with Crippen molar-refractivity contribution in [3.8, 4) is 0 Å². The number of carbonyl (C=O) groups is 1. The van der Waals surface area contributed by atoms with Crippen molar-refractivity contribution in [1.82, 2.24) is 9.97 Å². The first-order chi connectivity index (χ1) is 13.3. The number of anilines is 1. The van der Waals surface area contributed by atoms with Crippen LogP contribution in [0.5, 0.6) is 0 Å². The number of nitrogens with one attached hydrogen (secondary N) is 1. The summed E-state index contributed by atoms with van der Waals surface area (Å²) in [6, 6.07) is 5.96. The molecule has 1 aromatic carbocycles. The maximum atomic E-state index is 11.1. The molecule has 1 aromatic heterocycles. The maximum Gasteiger partial charge on any atom is 0.308 e. The van der Waals surface area contributed by atoms with Crippen molar-refractivity contribution in [1.29, 1.82) is 0 Å². The highest BCUT2D eigenvalue weighted by Gasteiger charge is 2.18. The lowest BCUT2D eigenvalue weighted by atomic mass is 10.1. The molecule has 0 radical (unpaired) electrons. The highest BCUT2D eigenvalue weighted by molar-refractivity contribution is 6.30. The lowest BCUT2D eigenvalue weighted by Gasteiger charge is -2.17. The van der Waals surface area contributed by atoms with E-state index in [4.69, 9.17) is 26.2 Å². The summed E-state index contributed by atoms with van der Waals surface area (Å²) in [5, 5.41) is 22.9. The van der Waals surface area contributed by atoms with Crippen LogP contribution >= 0.6 is 11.6 Å². The van der Waals surface area contributed by atoms with E-state index in [0.29, 0.717) is 5.82 Å². The summed E-state index contributed by atoms with van der Waals surface area (Å²) in [6.45, 7) is 0.212. The Hall–Kier alpha value is -2.82. The second-order valence-electron chi connectivity index (χ2n) is 5.71. The molecule has 11 heteroatoms. The first kappa shape index (κ1) is 21.5. The zero-order valence-electron chi connectivity index (χ0n) is 15.2. The molecular weight excluding hydrogens is 392 g/mol. The summed E-state index contributed by atoms with van der Waals surface area (Å²) in [6.07, 6.45) is -0.661. The second-order valence-corrected chi connectivity index (χ2v) is 6.07. The summed E-state index contributed by atoms with van der Waals surface area (Å²) >= 11 is 6.19. The van der Waals surface area contributed by atoms with Gasteiger partial charge in [-0.15, -0.1) is 0 Å². The summed E-state index contributed by atoms with van der Waals surface area (Å²) in [5.41, 5.74) is 0.963. The zero-order chi connectivity index (χ0) is 20.7. The molecular formula is C17H19ClN4O6. The zero-order valence-corrected chi connectivity index (χ0v) is 16.0. The Morgan fingerprint density at radius 1 is 1.29 bits per heavy atom. The predicted molar refractivity (Wildman–Crippen MR) is 101 cm³/mol. The fraction of sp³-hybridized carbons (Fsp3) is 0.353. The minimum absolute atomic E-state index is 0.0168. The molecule has 0 amide bonds. The molecule has 10 nitrogen and oxygen atoms in total. The Morgan fingerprint density at radius 2 is 1.93 bits per heavy atom. The molecule has 0 saturated heterocycles. The number of methoxy groups -OCH3 is 2. The lowest BCUT2D eigenvalue weighted by molar-refractivity contribution is -0.384. The van der Waals surface area contributed by atoms with Gasteiger partial charge in [0, 0.05) is 38.3 Å². The van der Waals surface area contributed by atoms with Crippen LogP contribution in [-0.2, 0) is 27.1 Å². The number of rotatable bonds is 10. The van der Waals surface area contributed by atoms with Gasteiger partial charge in [0.25, 0.3) is 5.69 Å². The fourth-order valence-corrected chi connectivity index (χ4v) is 2.65. The van der Waals surface area contributed by atoms with E-state index in [1.165, 1.54) is 26.4 Å². The van der Waals surface area contributed by atoms with E-state index in [1.807, 2.05) is 0 Å². The SMILES string of the molecule is COC(CNc1nc(Cc2ccc([N+](=O)[O-])cc2)nc(Cl)c1CC(=O)O)OC. The van der Waals surface area contributed by atoms with E-state index in [1.54, 1.807) is 12.1 Å². The van der Waals surface area contributed by atoms with Crippen LogP contribution in [0.1, 0.15) is 17.0 Å². The van der Waals surface area contributed by atoms with Crippen LogP contribution in [0.3, 0.4) is 0 Å². The molecule has 28 heavy (non-hydrogen) atoms. The molecule has 2 rings (SSSR count). The third kappa shape index (κ3) is 5.84. The van der Waals surface area contributed by atoms with Gasteiger partial charge in [-0.05, 0) is 5.56 Å². The molecule has 2 N–H and O–H groups in total. The summed E-state index contributed by atoms with van der Waals surface area (Å²) < 4.78 is 10.2. The molecule has 0 bridgehead atoms. The standard InChI is InChI=1S/C17H19ClN4O6/c1-27-15(28-2)9-19-17-12(8-14(23)24)16(18)20-13(21-17)7-10-3-5-11(6-4-10)22(25)26/h3-6,15H,7-9H2,1-2H3,(H,23,24)(H,19,20,21). The van der Waals surface area contributed by atoms with Gasteiger partial charge in [-0.2, -0.15) is 0 Å². The summed E-state index contributed by atoms with van der Waals surface area (Å²) in [5.74, 6) is -0.480. The van der Waals surface area contributed by atoms with Crippen molar-refractivity contribution in [2.45, 2.75) is 19.1 Å². The van der Waals surface area contributed by atoms with Crippen molar-refractivity contribution in [2.75, 3.05) is 26.1 Å². The first-order valence-electron chi connectivity index (χ1n) is 8.14. The van der Waals surface area contributed by atoms with Crippen LogP contribution in [0.2, 0.25) is 5.15 Å². The molecule has 0 aliphatic rings. The topological polar surface area (TPSA) is 137 Å². The molecule has 0 atom stereocenters. The number of nitrogens with zero attached hydrogens (tertiary/aromatic N) is 3. The highest BCUT2D eigenvalue weighted by Crippen LogP contribution is 2.24. The van der Waals surface area contributed by atoms with Crippen molar-refractivity contribution in [2.24, 2.45) is 0 Å². The van der Waals surface area contributed by atoms with Gasteiger partial charge in [-0.25, -0.2) is 9.97 Å². The van der Waals surface area contributed by atoms with Crippen LogP contribution in [0.4, 0.5) is 11.5 Å². The van der Waals surface area contributed by atoms with Crippen molar-refractivity contribution in [3.05, 3.63) is 56.5 Å². The number of halogens is 1. The number of hydrogen-bond acceptors (Lipinski definition) is 8. The molecule has 2 aromatic rings. The van der Waals surface area contributed by atoms with Gasteiger partial charge in [0.15, 0.2) is 6.29 Å². The number of aromatic nitrogens is 2. The Bertz CT molecular complexity index is 842. The number of non-ortho nitro benzene ring substituents is 1. The molecule has 1 heterocycles. The number of ether oxygens (including phenoxy) is 2. The van der Waals surface area contributed by atoms with Crippen LogP contribution in [0, 0.1) is 10.1 Å². The normalized spacial score (nSPS) is 10.9. The van der Waals surface area contributed by atoms with Gasteiger partial charge in [0.2, 0.25) is 0 Å². The van der Waals surface area contributed by atoms with E-state index in [9.17, 15) is 14.9 Å². The molecule has 0 aliphatic heterocycles. The van der Waals surface area contributed by atoms with Gasteiger partial charge in [0.1, 0.15) is 16.8 Å². The minimum Gasteiger partial charge on any atom is -0.481 e. The van der Waals surface area contributed by atoms with Gasteiger partial charge in [0.05, 0.1) is 17.9 Å². The Kier molecular flexibility index (Phi) is 7.61. The van der Waals surface area contributed by atoms with E-state index >= 15 is 0 Å². The third-order valence-electron chi connectivity index (χ3n) is 3.80. The van der Waals surface area contributed by atoms with Crippen molar-refractivity contribution >= 4 is 29.1 Å². The number of nitro benzene ring substituents is 1. The molecule has 150 valence electrons. The monoisotopic (exact) mass is 410 g/mol. The van der Waals surface area contributed by atoms with Crippen molar-refractivity contribution in [3.63, 3.8) is 0 Å². The van der Waals surface area contributed by atoms with E-state index in [-0.39, 0.29) is 41.6 Å². The average Bonchev–Trinajstić information content (AvgIpc) is 2.65. The highest BCUT2D eigenvalue weighted by atomic mass is 35.5. The van der Waals surface area contributed by atoms with Crippen LogP contribution in [0.25, 0.3) is 0 Å². The van der Waals surface area contributed by atoms with Gasteiger partial charge >= 0.3 is 5.97 Å². The van der Waals surface area contributed by atoms with Crippen molar-refractivity contribution < 1.29 is 24.3 Å². The maximum absolute atomic E-state index is 11.1. The number of aliphatic carboxylic acids is 1. The first-order valence-corrected chi connectivity index (χ1v) is 8.51. The largest absolute Gasteiger partial charge is 0.481 e. The molecule has 0 aliphatic carbocycles. The van der Waals surface area contributed by atoms with E-state index in [2.05, 4.69) is 15.3 Å². The molecule has 0 spiro atoms. The average molecular weight is 411 g/mol. The number of nitro groups is 1. The van der Waals surface area contributed by atoms with E-state index < -0.39 is 17.2 Å². The number of hydrogen-bond donors (Lipinski definition) is 2. The number of carboxylic acid groups (broad SMARTS) is 1. The quantitative estimate of drug-likeness (QED) is 0.261. The lowest BCUT2D eigenvalue weighted by Crippen LogP contribution is -2.25. The minimum atomic E-state index is -1.08. The van der Waals surface area contributed by atoms with Crippen LogP contribution in [-0.4, -0.2) is 53.0 Å².